The lowest BCUT2D eigenvalue weighted by Crippen LogP contribution is -2.29. The van der Waals surface area contributed by atoms with Crippen molar-refractivity contribution in [2.75, 3.05) is 0 Å². The minimum absolute atomic E-state index is 0.734. The maximum atomic E-state index is 4.11. The summed E-state index contributed by atoms with van der Waals surface area (Å²) in [4.78, 5) is 0. The van der Waals surface area contributed by atoms with E-state index in [0.717, 1.165) is 6.04 Å². The number of nitrogens with one attached hydrogen (secondary N) is 1. The number of hydrogen-bond acceptors (Lipinski definition) is 1. The van der Waals surface area contributed by atoms with Crippen LogP contribution in [0.3, 0.4) is 0 Å². The summed E-state index contributed by atoms with van der Waals surface area (Å²) in [6, 6.07) is 0.734. The molecule has 0 unspecified atom stereocenters. The van der Waals surface area contributed by atoms with Gasteiger partial charge in [-0.2, -0.15) is 0 Å². The van der Waals surface area contributed by atoms with Gasteiger partial charge in [-0.1, -0.05) is 45.6 Å². The van der Waals surface area contributed by atoms with Crippen molar-refractivity contribution in [1.82, 2.24) is 5.32 Å². The molecule has 0 atom stereocenters. The summed E-state index contributed by atoms with van der Waals surface area (Å²) in [5.74, 6) is 0. The Kier molecular flexibility index (Phi) is 5.74. The molecule has 0 radical (unpaired) electrons. The highest BCUT2D eigenvalue weighted by molar-refractivity contribution is 4.94. The molecule has 1 nitrogen and oxygen atoms in total. The fourth-order valence-corrected chi connectivity index (χ4v) is 2.20. The zero-order chi connectivity index (χ0) is 10.2. The van der Waals surface area contributed by atoms with Gasteiger partial charge in [0.05, 0.1) is 0 Å². The molecule has 1 aliphatic carbocycles. The van der Waals surface area contributed by atoms with Crippen molar-refractivity contribution in [2.24, 2.45) is 0 Å². The van der Waals surface area contributed by atoms with Crippen molar-refractivity contribution >= 4 is 0 Å². The quantitative estimate of drug-likeness (QED) is 0.632. The van der Waals surface area contributed by atoms with E-state index in [4.69, 9.17) is 0 Å². The average molecular weight is 195 g/mol. The van der Waals surface area contributed by atoms with E-state index in [1.807, 2.05) is 0 Å². The Morgan fingerprint density at radius 2 is 1.93 bits per heavy atom. The van der Waals surface area contributed by atoms with Crippen molar-refractivity contribution in [2.45, 2.75) is 70.8 Å². The van der Waals surface area contributed by atoms with Gasteiger partial charge in [-0.15, -0.1) is 0 Å². The van der Waals surface area contributed by atoms with Gasteiger partial charge in [0.25, 0.3) is 0 Å². The van der Waals surface area contributed by atoms with Gasteiger partial charge < -0.3 is 5.32 Å². The molecule has 1 heteroatoms. The molecule has 14 heavy (non-hydrogen) atoms. The second-order valence-electron chi connectivity index (χ2n) is 4.54. The molecule has 0 spiro atoms. The monoisotopic (exact) mass is 195 g/mol. The van der Waals surface area contributed by atoms with Crippen molar-refractivity contribution in [3.63, 3.8) is 0 Å². The van der Waals surface area contributed by atoms with E-state index >= 15 is 0 Å². The first-order valence-corrected chi connectivity index (χ1v) is 6.27. The molecule has 0 aliphatic heterocycles. The van der Waals surface area contributed by atoms with E-state index in [1.165, 1.54) is 63.5 Å². The van der Waals surface area contributed by atoms with Crippen LogP contribution in [-0.4, -0.2) is 6.04 Å². The fourth-order valence-electron chi connectivity index (χ4n) is 2.20. The summed E-state index contributed by atoms with van der Waals surface area (Å²) >= 11 is 0. The van der Waals surface area contributed by atoms with Crippen molar-refractivity contribution in [1.29, 1.82) is 0 Å². The SMILES string of the molecule is C=C(CCCCC)NC1CCCCC1. The Morgan fingerprint density at radius 1 is 1.21 bits per heavy atom. The van der Waals surface area contributed by atoms with Gasteiger partial charge in [-0.05, 0) is 25.7 Å². The van der Waals surface area contributed by atoms with Crippen molar-refractivity contribution in [3.05, 3.63) is 12.3 Å². The normalized spacial score (nSPS) is 18.1. The zero-order valence-electron chi connectivity index (χ0n) is 9.65. The molecular formula is C13H25N. The predicted octanol–water partition coefficient (Wildman–Crippen LogP) is 4.00. The average Bonchev–Trinajstić information content (AvgIpc) is 2.20. The van der Waals surface area contributed by atoms with E-state index in [-0.39, 0.29) is 0 Å². The largest absolute Gasteiger partial charge is 0.386 e. The summed E-state index contributed by atoms with van der Waals surface area (Å²) in [5, 5.41) is 3.58. The molecule has 1 saturated carbocycles. The summed E-state index contributed by atoms with van der Waals surface area (Å²) in [7, 11) is 0. The van der Waals surface area contributed by atoms with Crippen molar-refractivity contribution < 1.29 is 0 Å². The van der Waals surface area contributed by atoms with Gasteiger partial charge in [0.1, 0.15) is 0 Å². The third-order valence-corrected chi connectivity index (χ3v) is 3.10. The molecule has 0 saturated heterocycles. The van der Waals surface area contributed by atoms with Gasteiger partial charge in [-0.25, -0.2) is 0 Å². The van der Waals surface area contributed by atoms with Crippen LogP contribution in [0.15, 0.2) is 12.3 Å². The Bertz CT molecular complexity index is 157. The summed E-state index contributed by atoms with van der Waals surface area (Å²) in [6.45, 7) is 6.36. The lowest BCUT2D eigenvalue weighted by Gasteiger charge is -2.24. The van der Waals surface area contributed by atoms with Crippen LogP contribution in [0.25, 0.3) is 0 Å². The molecule has 1 rings (SSSR count). The molecule has 1 fully saturated rings. The van der Waals surface area contributed by atoms with E-state index in [1.54, 1.807) is 0 Å². The van der Waals surface area contributed by atoms with Crippen LogP contribution in [-0.2, 0) is 0 Å². The third-order valence-electron chi connectivity index (χ3n) is 3.10. The Hall–Kier alpha value is -0.460. The van der Waals surface area contributed by atoms with E-state index in [2.05, 4.69) is 18.8 Å². The highest BCUT2D eigenvalue weighted by Crippen LogP contribution is 2.19. The van der Waals surface area contributed by atoms with Gasteiger partial charge in [0, 0.05) is 11.7 Å². The van der Waals surface area contributed by atoms with Gasteiger partial charge in [0.15, 0.2) is 0 Å². The van der Waals surface area contributed by atoms with Gasteiger partial charge >= 0.3 is 0 Å². The number of unbranched alkanes of at least 4 members (excludes halogenated alkanes) is 2. The second kappa shape index (κ2) is 6.92. The first-order valence-electron chi connectivity index (χ1n) is 6.27. The Morgan fingerprint density at radius 3 is 2.57 bits per heavy atom. The molecule has 0 amide bonds. The van der Waals surface area contributed by atoms with Crippen LogP contribution < -0.4 is 5.32 Å². The molecular weight excluding hydrogens is 170 g/mol. The lowest BCUT2D eigenvalue weighted by atomic mass is 9.95. The van der Waals surface area contributed by atoms with E-state index in [0.29, 0.717) is 0 Å². The van der Waals surface area contributed by atoms with Crippen LogP contribution in [0.2, 0.25) is 0 Å². The van der Waals surface area contributed by atoms with Gasteiger partial charge in [-0.3, -0.25) is 0 Å². The molecule has 82 valence electrons. The Labute approximate surface area is 89.0 Å². The first-order chi connectivity index (χ1) is 6.83. The zero-order valence-corrected chi connectivity index (χ0v) is 9.65. The summed E-state index contributed by atoms with van der Waals surface area (Å²) in [5.41, 5.74) is 1.27. The fraction of sp³-hybridized carbons (Fsp3) is 0.846. The highest BCUT2D eigenvalue weighted by atomic mass is 14.9. The smallest absolute Gasteiger partial charge is 0.0258 e. The third kappa shape index (κ3) is 4.69. The van der Waals surface area contributed by atoms with Crippen LogP contribution >= 0.6 is 0 Å². The van der Waals surface area contributed by atoms with Crippen molar-refractivity contribution in [3.8, 4) is 0 Å². The van der Waals surface area contributed by atoms with E-state index < -0.39 is 0 Å². The van der Waals surface area contributed by atoms with Crippen LogP contribution in [0.5, 0.6) is 0 Å². The summed E-state index contributed by atoms with van der Waals surface area (Å²) < 4.78 is 0. The number of hydrogen-bond donors (Lipinski definition) is 1. The maximum Gasteiger partial charge on any atom is 0.0258 e. The number of rotatable bonds is 6. The minimum atomic E-state index is 0.734. The molecule has 0 heterocycles. The predicted molar refractivity (Wildman–Crippen MR) is 63.3 cm³/mol. The number of allylic oxidation sites excluding steroid dienone is 1. The van der Waals surface area contributed by atoms with Crippen LogP contribution in [0.4, 0.5) is 0 Å². The Balaban J connectivity index is 2.06. The van der Waals surface area contributed by atoms with Crippen LogP contribution in [0.1, 0.15) is 64.7 Å². The molecule has 1 N–H and O–H groups in total. The lowest BCUT2D eigenvalue weighted by molar-refractivity contribution is 0.392. The van der Waals surface area contributed by atoms with Crippen LogP contribution in [0, 0.1) is 0 Å². The topological polar surface area (TPSA) is 12.0 Å². The molecule has 0 aromatic rings. The standard InChI is InChI=1S/C13H25N/c1-3-4-6-9-12(2)14-13-10-7-5-8-11-13/h13-14H,2-11H2,1H3. The molecule has 1 aliphatic rings. The molecule has 0 bridgehead atoms. The maximum absolute atomic E-state index is 4.11. The summed E-state index contributed by atoms with van der Waals surface area (Å²) in [6.07, 6.45) is 12.1. The van der Waals surface area contributed by atoms with E-state index in [9.17, 15) is 0 Å². The molecule has 0 aromatic heterocycles. The minimum Gasteiger partial charge on any atom is -0.386 e. The second-order valence-corrected chi connectivity index (χ2v) is 4.54. The molecule has 0 aromatic carbocycles. The van der Waals surface area contributed by atoms with Gasteiger partial charge in [0.2, 0.25) is 0 Å². The highest BCUT2D eigenvalue weighted by Gasteiger charge is 2.12. The first kappa shape index (κ1) is 11.6.